The third-order valence-electron chi connectivity index (χ3n) is 5.24. The summed E-state index contributed by atoms with van der Waals surface area (Å²) in [7, 11) is -3.15. The summed E-state index contributed by atoms with van der Waals surface area (Å²) < 4.78 is 54.3. The summed E-state index contributed by atoms with van der Waals surface area (Å²) in [5.41, 5.74) is -0.578. The molecule has 1 aromatic carbocycles. The number of aliphatic hydroxyl groups is 1. The van der Waals surface area contributed by atoms with E-state index in [1.165, 1.54) is 29.1 Å². The number of ether oxygens (including phenoxy) is 1. The molecule has 1 amide bonds. The number of hydrogen-bond donors (Lipinski definition) is 2. The molecule has 1 aliphatic heterocycles. The summed E-state index contributed by atoms with van der Waals surface area (Å²) in [4.78, 5) is 17.2. The van der Waals surface area contributed by atoms with Gasteiger partial charge in [-0.25, -0.2) is 18.1 Å². The maximum absolute atomic E-state index is 12.8. The minimum absolute atomic E-state index is 0.0557. The van der Waals surface area contributed by atoms with Crippen LogP contribution in [0, 0.1) is 0 Å². The molecule has 12 heteroatoms. The van der Waals surface area contributed by atoms with Gasteiger partial charge in [-0.15, -0.1) is 0 Å². The number of halogens is 2. The average molecular weight is 495 g/mol. The topological polar surface area (TPSA) is 123 Å². The predicted molar refractivity (Wildman–Crippen MR) is 120 cm³/mol. The lowest BCUT2D eigenvalue weighted by Crippen LogP contribution is -2.63. The second kappa shape index (κ2) is 8.27. The van der Waals surface area contributed by atoms with Crippen LogP contribution in [0.25, 0.3) is 16.7 Å². The third-order valence-corrected chi connectivity index (χ3v) is 7.39. The van der Waals surface area contributed by atoms with E-state index in [1.54, 1.807) is 32.9 Å². The maximum atomic E-state index is 12.8. The van der Waals surface area contributed by atoms with Gasteiger partial charge >= 0.3 is 6.61 Å². The van der Waals surface area contributed by atoms with Crippen molar-refractivity contribution in [3.8, 4) is 11.4 Å². The van der Waals surface area contributed by atoms with Crippen molar-refractivity contribution >= 4 is 26.8 Å². The zero-order valence-corrected chi connectivity index (χ0v) is 19.6. The molecular weight excluding hydrogens is 470 g/mol. The Balaban J connectivity index is 1.74. The van der Waals surface area contributed by atoms with E-state index in [0.29, 0.717) is 22.4 Å². The first-order valence-corrected chi connectivity index (χ1v) is 12.2. The highest BCUT2D eigenvalue weighted by Crippen LogP contribution is 2.28. The van der Waals surface area contributed by atoms with Crippen LogP contribution in [-0.2, 0) is 16.3 Å². The Morgan fingerprint density at radius 3 is 2.65 bits per heavy atom. The lowest BCUT2D eigenvalue weighted by Gasteiger charge is -2.38. The molecule has 0 spiro atoms. The van der Waals surface area contributed by atoms with Gasteiger partial charge in [-0.1, -0.05) is 6.07 Å². The van der Waals surface area contributed by atoms with Crippen molar-refractivity contribution in [2.45, 2.75) is 44.9 Å². The van der Waals surface area contributed by atoms with Gasteiger partial charge in [-0.3, -0.25) is 4.79 Å². The molecule has 0 saturated carbocycles. The van der Waals surface area contributed by atoms with Gasteiger partial charge in [-0.2, -0.15) is 13.9 Å². The number of rotatable bonds is 7. The fraction of sp³-hybridized carbons (Fsp3) is 0.409. The number of aromatic nitrogens is 3. The second-order valence-electron chi connectivity index (χ2n) is 9.37. The van der Waals surface area contributed by atoms with Gasteiger partial charge in [0.25, 0.3) is 5.91 Å². The lowest BCUT2D eigenvalue weighted by atomic mass is 10.0. The summed E-state index contributed by atoms with van der Waals surface area (Å²) in [6.45, 7) is 1.89. The number of amides is 1. The van der Waals surface area contributed by atoms with Crippen LogP contribution >= 0.6 is 0 Å². The summed E-state index contributed by atoms with van der Waals surface area (Å²) in [6.07, 6.45) is 1.46. The largest absolute Gasteiger partial charge is 0.435 e. The van der Waals surface area contributed by atoms with Gasteiger partial charge in [0, 0.05) is 24.1 Å². The first-order valence-electron chi connectivity index (χ1n) is 10.4. The van der Waals surface area contributed by atoms with Crippen molar-refractivity contribution in [2.24, 2.45) is 0 Å². The van der Waals surface area contributed by atoms with Crippen LogP contribution in [0.15, 0.2) is 36.5 Å². The zero-order valence-electron chi connectivity index (χ0n) is 18.7. The Kier molecular flexibility index (Phi) is 5.85. The molecule has 9 nitrogen and oxygen atoms in total. The Morgan fingerprint density at radius 1 is 1.32 bits per heavy atom. The van der Waals surface area contributed by atoms with Gasteiger partial charge in [0.15, 0.2) is 15.5 Å². The van der Waals surface area contributed by atoms with E-state index in [1.807, 2.05) is 0 Å². The van der Waals surface area contributed by atoms with E-state index in [4.69, 9.17) is 0 Å². The van der Waals surface area contributed by atoms with Crippen LogP contribution in [0.1, 0.15) is 36.8 Å². The Labute approximate surface area is 194 Å². The number of nitrogens with one attached hydrogen (secondary N) is 1. The average Bonchev–Trinajstić information content (AvgIpc) is 3.02. The molecule has 0 atom stereocenters. The molecule has 4 rings (SSSR count). The van der Waals surface area contributed by atoms with Crippen molar-refractivity contribution in [1.29, 1.82) is 0 Å². The molecule has 0 unspecified atom stereocenters. The Hall–Kier alpha value is -3.12. The number of alkyl halides is 2. The normalized spacial score (nSPS) is 16.9. The number of nitrogens with zero attached hydrogens (tertiary/aromatic N) is 3. The van der Waals surface area contributed by atoms with Crippen molar-refractivity contribution < 1.29 is 31.8 Å². The van der Waals surface area contributed by atoms with Crippen molar-refractivity contribution in [2.75, 3.05) is 11.5 Å². The zero-order chi connectivity index (χ0) is 24.9. The molecule has 0 radical (unpaired) electrons. The fourth-order valence-electron chi connectivity index (χ4n) is 4.04. The number of fused-ring (bicyclic) bond motifs is 1. The molecule has 2 aromatic heterocycles. The van der Waals surface area contributed by atoms with E-state index in [9.17, 15) is 27.1 Å². The standard InChI is InChI=1S/C22H24F2N4O5S/c1-21(2,30)9-17-16-7-13(19(29)26-22(3)11-34(31,32)12-22)10-25-18(16)28(27-17)14-5-4-6-15(8-14)33-20(23)24/h4-8,10,20,30H,9,11-12H2,1-3H3,(H,26,29). The fourth-order valence-corrected chi connectivity index (χ4v) is 6.04. The van der Waals surface area contributed by atoms with Gasteiger partial charge in [-0.05, 0) is 39.0 Å². The maximum Gasteiger partial charge on any atom is 0.387 e. The Bertz CT molecular complexity index is 1350. The van der Waals surface area contributed by atoms with Crippen LogP contribution in [0.4, 0.5) is 8.78 Å². The summed E-state index contributed by atoms with van der Waals surface area (Å²) in [5, 5.41) is 18.1. The van der Waals surface area contributed by atoms with Gasteiger partial charge < -0.3 is 15.2 Å². The van der Waals surface area contributed by atoms with Crippen molar-refractivity contribution in [3.05, 3.63) is 47.8 Å². The van der Waals surface area contributed by atoms with E-state index < -0.39 is 33.5 Å². The SMILES string of the molecule is CC(C)(O)Cc1nn(-c2cccc(OC(F)F)c2)c2ncc(C(=O)NC3(C)CS(=O)(=O)C3)cc12. The summed E-state index contributed by atoms with van der Waals surface area (Å²) >= 11 is 0. The van der Waals surface area contributed by atoms with Crippen LogP contribution in [0.5, 0.6) is 5.75 Å². The highest BCUT2D eigenvalue weighted by molar-refractivity contribution is 7.93. The molecule has 34 heavy (non-hydrogen) atoms. The second-order valence-corrected chi connectivity index (χ2v) is 11.4. The summed E-state index contributed by atoms with van der Waals surface area (Å²) in [6, 6.07) is 7.51. The van der Waals surface area contributed by atoms with E-state index in [-0.39, 0.29) is 29.2 Å². The van der Waals surface area contributed by atoms with Crippen LogP contribution in [-0.4, -0.2) is 63.5 Å². The monoisotopic (exact) mass is 494 g/mol. The van der Waals surface area contributed by atoms with Crippen molar-refractivity contribution in [3.63, 3.8) is 0 Å². The first kappa shape index (κ1) is 24.0. The van der Waals surface area contributed by atoms with Gasteiger partial charge in [0.2, 0.25) is 0 Å². The van der Waals surface area contributed by atoms with Gasteiger partial charge in [0.1, 0.15) is 5.75 Å². The Morgan fingerprint density at radius 2 is 2.03 bits per heavy atom. The van der Waals surface area contributed by atoms with Crippen LogP contribution < -0.4 is 10.1 Å². The van der Waals surface area contributed by atoms with E-state index >= 15 is 0 Å². The van der Waals surface area contributed by atoms with E-state index in [2.05, 4.69) is 20.1 Å². The molecule has 1 fully saturated rings. The molecular formula is C22H24F2N4O5S. The molecule has 3 heterocycles. The predicted octanol–water partition coefficient (Wildman–Crippen LogP) is 2.25. The minimum atomic E-state index is -3.15. The highest BCUT2D eigenvalue weighted by Gasteiger charge is 2.45. The highest BCUT2D eigenvalue weighted by atomic mass is 32.2. The third kappa shape index (κ3) is 5.17. The number of carbonyl (C=O) groups excluding carboxylic acids is 1. The number of benzene rings is 1. The smallest absolute Gasteiger partial charge is 0.387 e. The molecule has 2 N–H and O–H groups in total. The molecule has 1 saturated heterocycles. The summed E-state index contributed by atoms with van der Waals surface area (Å²) in [5.74, 6) is -0.818. The van der Waals surface area contributed by atoms with Crippen LogP contribution in [0.2, 0.25) is 0 Å². The number of sulfone groups is 1. The molecule has 3 aromatic rings. The quantitative estimate of drug-likeness (QED) is 0.516. The van der Waals surface area contributed by atoms with Crippen molar-refractivity contribution in [1.82, 2.24) is 20.1 Å². The number of pyridine rings is 1. The number of carbonyl (C=O) groups is 1. The molecule has 0 aliphatic carbocycles. The van der Waals surface area contributed by atoms with E-state index in [0.717, 1.165) is 0 Å². The minimum Gasteiger partial charge on any atom is -0.435 e. The first-order chi connectivity index (χ1) is 15.7. The number of hydrogen-bond acceptors (Lipinski definition) is 7. The van der Waals surface area contributed by atoms with Crippen LogP contribution in [0.3, 0.4) is 0 Å². The molecule has 1 aliphatic rings. The van der Waals surface area contributed by atoms with Gasteiger partial charge in [0.05, 0.1) is 39.6 Å². The molecule has 0 bridgehead atoms. The lowest BCUT2D eigenvalue weighted by molar-refractivity contribution is -0.0498. The molecule has 182 valence electrons.